The van der Waals surface area contributed by atoms with E-state index in [9.17, 15) is 5.11 Å². The van der Waals surface area contributed by atoms with Gasteiger partial charge in [0.15, 0.2) is 0 Å². The Balaban J connectivity index is 1.78. The van der Waals surface area contributed by atoms with Crippen LogP contribution in [0.3, 0.4) is 0 Å². The molecule has 0 spiro atoms. The van der Waals surface area contributed by atoms with Crippen LogP contribution in [0.4, 0.5) is 0 Å². The number of aliphatic hydroxyl groups is 1. The van der Waals surface area contributed by atoms with Crippen molar-refractivity contribution in [3.05, 3.63) is 63.1 Å². The normalized spacial score (nSPS) is 15.9. The zero-order valence-electron chi connectivity index (χ0n) is 10.7. The molecule has 1 unspecified atom stereocenters. The summed E-state index contributed by atoms with van der Waals surface area (Å²) in [5.41, 5.74) is 1.64. The lowest BCUT2D eigenvalue weighted by molar-refractivity contribution is 0.220. The van der Waals surface area contributed by atoms with Crippen LogP contribution in [-0.2, 0) is 0 Å². The second-order valence-electron chi connectivity index (χ2n) is 4.96. The summed E-state index contributed by atoms with van der Waals surface area (Å²) in [7, 11) is 0. The summed E-state index contributed by atoms with van der Waals surface area (Å²) >= 11 is 9.33. The van der Waals surface area contributed by atoms with Gasteiger partial charge >= 0.3 is 0 Å². The molecule has 0 aromatic heterocycles. The van der Waals surface area contributed by atoms with Gasteiger partial charge in [0.2, 0.25) is 0 Å². The van der Waals surface area contributed by atoms with Gasteiger partial charge in [-0.25, -0.2) is 0 Å². The lowest BCUT2D eigenvalue weighted by atomic mass is 10.0. The first kappa shape index (κ1) is 13.9. The molecule has 2 aromatic carbocycles. The molecular formula is C16H14BrClO2. The van der Waals surface area contributed by atoms with Crippen LogP contribution in [0.2, 0.25) is 5.02 Å². The van der Waals surface area contributed by atoms with Crippen molar-refractivity contribution in [3.8, 4) is 5.75 Å². The summed E-state index contributed by atoms with van der Waals surface area (Å²) in [6.45, 7) is 0. The van der Waals surface area contributed by atoms with Gasteiger partial charge in [-0.15, -0.1) is 0 Å². The fourth-order valence-electron chi connectivity index (χ4n) is 1.98. The van der Waals surface area contributed by atoms with E-state index in [0.717, 1.165) is 34.2 Å². The first-order valence-corrected chi connectivity index (χ1v) is 7.70. The van der Waals surface area contributed by atoms with Gasteiger partial charge in [0.25, 0.3) is 0 Å². The third-order valence-electron chi connectivity index (χ3n) is 3.28. The fourth-order valence-corrected chi connectivity index (χ4v) is 2.50. The lowest BCUT2D eigenvalue weighted by Crippen LogP contribution is -2.00. The van der Waals surface area contributed by atoms with Gasteiger partial charge in [0.05, 0.1) is 11.1 Å². The second kappa shape index (κ2) is 5.76. The molecule has 2 nitrogen and oxygen atoms in total. The molecule has 20 heavy (non-hydrogen) atoms. The van der Waals surface area contributed by atoms with Crippen LogP contribution >= 0.6 is 27.5 Å². The molecule has 1 aliphatic carbocycles. The topological polar surface area (TPSA) is 29.5 Å². The van der Waals surface area contributed by atoms with Crippen molar-refractivity contribution in [2.75, 3.05) is 0 Å². The molecule has 0 amide bonds. The SMILES string of the molecule is OC(c1ccc(OC2CC2)cc1)c1ccc(Cl)c(Br)c1. The molecule has 0 heterocycles. The van der Waals surface area contributed by atoms with Crippen molar-refractivity contribution in [1.29, 1.82) is 0 Å². The maximum atomic E-state index is 10.4. The highest BCUT2D eigenvalue weighted by atomic mass is 79.9. The number of halogens is 2. The second-order valence-corrected chi connectivity index (χ2v) is 6.22. The molecule has 0 aliphatic heterocycles. The quantitative estimate of drug-likeness (QED) is 0.861. The summed E-state index contributed by atoms with van der Waals surface area (Å²) in [6.07, 6.45) is 2.00. The maximum Gasteiger partial charge on any atom is 0.119 e. The van der Waals surface area contributed by atoms with E-state index in [1.54, 1.807) is 6.07 Å². The number of benzene rings is 2. The van der Waals surface area contributed by atoms with Crippen LogP contribution in [0.15, 0.2) is 46.9 Å². The van der Waals surface area contributed by atoms with E-state index in [4.69, 9.17) is 16.3 Å². The van der Waals surface area contributed by atoms with Crippen molar-refractivity contribution < 1.29 is 9.84 Å². The first-order chi connectivity index (χ1) is 9.63. The number of hydrogen-bond acceptors (Lipinski definition) is 2. The Labute approximate surface area is 131 Å². The average molecular weight is 354 g/mol. The molecule has 1 saturated carbocycles. The molecular weight excluding hydrogens is 340 g/mol. The minimum atomic E-state index is -0.668. The van der Waals surface area contributed by atoms with Gasteiger partial charge in [0.1, 0.15) is 11.9 Å². The molecule has 4 heteroatoms. The minimum Gasteiger partial charge on any atom is -0.490 e. The monoisotopic (exact) mass is 352 g/mol. The predicted molar refractivity (Wildman–Crippen MR) is 83.3 cm³/mol. The Morgan fingerprint density at radius 2 is 1.75 bits per heavy atom. The van der Waals surface area contributed by atoms with Crippen LogP contribution in [0, 0.1) is 0 Å². The molecule has 1 aliphatic rings. The number of aliphatic hydroxyl groups excluding tert-OH is 1. The third kappa shape index (κ3) is 3.17. The van der Waals surface area contributed by atoms with E-state index in [1.807, 2.05) is 36.4 Å². The van der Waals surface area contributed by atoms with Gasteiger partial charge < -0.3 is 9.84 Å². The van der Waals surface area contributed by atoms with Crippen LogP contribution in [-0.4, -0.2) is 11.2 Å². The molecule has 1 fully saturated rings. The van der Waals surface area contributed by atoms with Crippen molar-refractivity contribution in [2.45, 2.75) is 25.0 Å². The Kier molecular flexibility index (Phi) is 4.01. The van der Waals surface area contributed by atoms with Gasteiger partial charge in [-0.05, 0) is 64.2 Å². The van der Waals surface area contributed by atoms with Gasteiger partial charge in [-0.2, -0.15) is 0 Å². The van der Waals surface area contributed by atoms with Crippen molar-refractivity contribution in [2.24, 2.45) is 0 Å². The standard InChI is InChI=1S/C16H14BrClO2/c17-14-9-11(3-8-15(14)18)16(19)10-1-4-12(5-2-10)20-13-6-7-13/h1-5,8-9,13,16,19H,6-7H2. The highest BCUT2D eigenvalue weighted by Crippen LogP contribution is 2.31. The number of hydrogen-bond donors (Lipinski definition) is 1. The average Bonchev–Trinajstić information content (AvgIpc) is 3.26. The van der Waals surface area contributed by atoms with E-state index in [2.05, 4.69) is 15.9 Å². The van der Waals surface area contributed by atoms with E-state index in [-0.39, 0.29) is 0 Å². The highest BCUT2D eigenvalue weighted by molar-refractivity contribution is 9.10. The lowest BCUT2D eigenvalue weighted by Gasteiger charge is -2.13. The zero-order valence-corrected chi connectivity index (χ0v) is 13.1. The zero-order chi connectivity index (χ0) is 14.1. The van der Waals surface area contributed by atoms with Crippen molar-refractivity contribution >= 4 is 27.5 Å². The molecule has 1 N–H and O–H groups in total. The van der Waals surface area contributed by atoms with Crippen LogP contribution < -0.4 is 4.74 Å². The number of rotatable bonds is 4. The van der Waals surface area contributed by atoms with Gasteiger partial charge in [-0.3, -0.25) is 0 Å². The summed E-state index contributed by atoms with van der Waals surface area (Å²) in [4.78, 5) is 0. The number of ether oxygens (including phenoxy) is 1. The van der Waals surface area contributed by atoms with E-state index < -0.39 is 6.10 Å². The Hall–Kier alpha value is -1.03. The molecule has 3 rings (SSSR count). The molecule has 104 valence electrons. The minimum absolute atomic E-state index is 0.387. The fraction of sp³-hybridized carbons (Fsp3) is 0.250. The maximum absolute atomic E-state index is 10.4. The molecule has 0 saturated heterocycles. The third-order valence-corrected chi connectivity index (χ3v) is 4.50. The van der Waals surface area contributed by atoms with Crippen molar-refractivity contribution in [1.82, 2.24) is 0 Å². The van der Waals surface area contributed by atoms with Crippen LogP contribution in [0.1, 0.15) is 30.1 Å². The van der Waals surface area contributed by atoms with E-state index in [0.29, 0.717) is 11.1 Å². The molecule has 2 aromatic rings. The highest BCUT2D eigenvalue weighted by Gasteiger charge is 2.23. The summed E-state index contributed by atoms with van der Waals surface area (Å²) in [5.74, 6) is 0.862. The van der Waals surface area contributed by atoms with E-state index >= 15 is 0 Å². The largest absolute Gasteiger partial charge is 0.490 e. The Bertz CT molecular complexity index is 608. The van der Waals surface area contributed by atoms with E-state index in [1.165, 1.54) is 0 Å². The summed E-state index contributed by atoms with van der Waals surface area (Å²) in [6, 6.07) is 13.0. The van der Waals surface area contributed by atoms with Crippen LogP contribution in [0.5, 0.6) is 5.75 Å². The smallest absolute Gasteiger partial charge is 0.119 e. The molecule has 1 atom stereocenters. The predicted octanol–water partition coefficient (Wildman–Crippen LogP) is 4.73. The Morgan fingerprint density at radius 3 is 2.35 bits per heavy atom. The first-order valence-electron chi connectivity index (χ1n) is 6.53. The molecule has 0 radical (unpaired) electrons. The summed E-state index contributed by atoms with van der Waals surface area (Å²) < 4.78 is 6.48. The summed E-state index contributed by atoms with van der Waals surface area (Å²) in [5, 5.41) is 11.0. The van der Waals surface area contributed by atoms with Crippen molar-refractivity contribution in [3.63, 3.8) is 0 Å². The van der Waals surface area contributed by atoms with Crippen LogP contribution in [0.25, 0.3) is 0 Å². The van der Waals surface area contributed by atoms with Gasteiger partial charge in [-0.1, -0.05) is 29.8 Å². The molecule has 0 bridgehead atoms. The van der Waals surface area contributed by atoms with Gasteiger partial charge in [0, 0.05) is 4.47 Å². The Morgan fingerprint density at radius 1 is 1.10 bits per heavy atom.